The van der Waals surface area contributed by atoms with Crippen molar-refractivity contribution in [2.75, 3.05) is 0 Å². The second kappa shape index (κ2) is 5.54. The van der Waals surface area contributed by atoms with Gasteiger partial charge in [-0.05, 0) is 36.5 Å². The second-order valence-corrected chi connectivity index (χ2v) is 5.33. The maximum atomic E-state index is 11.2. The van der Waals surface area contributed by atoms with Crippen molar-refractivity contribution in [1.29, 1.82) is 0 Å². The summed E-state index contributed by atoms with van der Waals surface area (Å²) >= 11 is 5.81. The van der Waals surface area contributed by atoms with E-state index in [1.807, 2.05) is 24.3 Å². The topological polar surface area (TPSA) is 37.3 Å². The van der Waals surface area contributed by atoms with Crippen LogP contribution in [0.15, 0.2) is 24.3 Å². The van der Waals surface area contributed by atoms with Crippen LogP contribution in [0, 0.1) is 11.8 Å². The van der Waals surface area contributed by atoms with Gasteiger partial charge in [0.15, 0.2) is 0 Å². The quantitative estimate of drug-likeness (QED) is 0.866. The van der Waals surface area contributed by atoms with Crippen LogP contribution >= 0.6 is 11.6 Å². The Hall–Kier alpha value is -1.02. The first-order chi connectivity index (χ1) is 8.15. The molecule has 1 unspecified atom stereocenters. The lowest BCUT2D eigenvalue weighted by Gasteiger charge is -2.28. The van der Waals surface area contributed by atoms with Crippen LogP contribution in [-0.2, 0) is 11.2 Å². The zero-order chi connectivity index (χ0) is 12.3. The number of carboxylic acids is 1. The molecule has 0 radical (unpaired) electrons. The maximum Gasteiger partial charge on any atom is 0.306 e. The first kappa shape index (κ1) is 12.4. The monoisotopic (exact) mass is 252 g/mol. The Morgan fingerprint density at radius 2 is 2.00 bits per heavy atom. The minimum atomic E-state index is -0.674. The van der Waals surface area contributed by atoms with E-state index in [-0.39, 0.29) is 5.92 Å². The van der Waals surface area contributed by atoms with Crippen LogP contribution in [0.2, 0.25) is 5.02 Å². The van der Waals surface area contributed by atoms with Crippen LogP contribution in [0.3, 0.4) is 0 Å². The van der Waals surface area contributed by atoms with Gasteiger partial charge < -0.3 is 5.11 Å². The van der Waals surface area contributed by atoms with Crippen molar-refractivity contribution < 1.29 is 9.90 Å². The molecule has 1 aliphatic carbocycles. The molecule has 1 aromatic carbocycles. The molecule has 1 fully saturated rings. The van der Waals surface area contributed by atoms with Gasteiger partial charge in [-0.1, -0.05) is 43.0 Å². The molecule has 1 saturated carbocycles. The molecule has 3 heteroatoms. The molecule has 2 nitrogen and oxygen atoms in total. The third-order valence-corrected chi connectivity index (χ3v) is 3.84. The fourth-order valence-corrected chi connectivity index (χ4v) is 2.43. The van der Waals surface area contributed by atoms with E-state index in [1.165, 1.54) is 19.3 Å². The third kappa shape index (κ3) is 3.47. The summed E-state index contributed by atoms with van der Waals surface area (Å²) in [5, 5.41) is 9.93. The molecule has 0 heterocycles. The smallest absolute Gasteiger partial charge is 0.306 e. The van der Waals surface area contributed by atoms with Crippen molar-refractivity contribution in [3.8, 4) is 0 Å². The van der Waals surface area contributed by atoms with E-state index in [0.717, 1.165) is 12.0 Å². The van der Waals surface area contributed by atoms with Gasteiger partial charge in [-0.3, -0.25) is 4.79 Å². The van der Waals surface area contributed by atoms with E-state index < -0.39 is 5.97 Å². The molecule has 2 rings (SSSR count). The van der Waals surface area contributed by atoms with E-state index in [9.17, 15) is 9.90 Å². The molecule has 0 aliphatic heterocycles. The van der Waals surface area contributed by atoms with E-state index in [1.54, 1.807) is 0 Å². The Balaban J connectivity index is 1.96. The van der Waals surface area contributed by atoms with Crippen molar-refractivity contribution >= 4 is 17.6 Å². The molecule has 0 aromatic heterocycles. The van der Waals surface area contributed by atoms with E-state index in [0.29, 0.717) is 17.4 Å². The molecule has 17 heavy (non-hydrogen) atoms. The van der Waals surface area contributed by atoms with Crippen LogP contribution in [-0.4, -0.2) is 11.1 Å². The highest BCUT2D eigenvalue weighted by atomic mass is 35.5. The van der Waals surface area contributed by atoms with Crippen molar-refractivity contribution in [3.05, 3.63) is 34.9 Å². The van der Waals surface area contributed by atoms with Crippen LogP contribution in [0.1, 0.15) is 31.2 Å². The Morgan fingerprint density at radius 3 is 2.47 bits per heavy atom. The number of hydrogen-bond donors (Lipinski definition) is 1. The molecular formula is C14H17ClO2. The summed E-state index contributed by atoms with van der Waals surface area (Å²) in [6.45, 7) is 0. The summed E-state index contributed by atoms with van der Waals surface area (Å²) in [5.41, 5.74) is 1.06. The lowest BCUT2D eigenvalue weighted by Crippen LogP contribution is -2.23. The van der Waals surface area contributed by atoms with Crippen molar-refractivity contribution in [1.82, 2.24) is 0 Å². The fourth-order valence-electron chi connectivity index (χ4n) is 2.31. The molecule has 1 N–H and O–H groups in total. The van der Waals surface area contributed by atoms with Gasteiger partial charge in [-0.15, -0.1) is 0 Å². The number of carbonyl (C=O) groups is 1. The zero-order valence-electron chi connectivity index (χ0n) is 9.73. The van der Waals surface area contributed by atoms with Crippen molar-refractivity contribution in [2.24, 2.45) is 11.8 Å². The lowest BCUT2D eigenvalue weighted by atomic mass is 9.77. The molecule has 0 amide bonds. The van der Waals surface area contributed by atoms with E-state index >= 15 is 0 Å². The summed E-state index contributed by atoms with van der Waals surface area (Å²) in [4.78, 5) is 11.2. The Kier molecular flexibility index (Phi) is 4.06. The number of carboxylic acid groups (broad SMARTS) is 1. The molecule has 1 aromatic rings. The predicted octanol–water partition coefficient (Wildman–Crippen LogP) is 3.77. The predicted molar refractivity (Wildman–Crippen MR) is 68.2 cm³/mol. The Bertz CT molecular complexity index is 382. The van der Waals surface area contributed by atoms with Gasteiger partial charge in [0, 0.05) is 5.02 Å². The normalized spacial score (nSPS) is 17.5. The average Bonchev–Trinajstić information content (AvgIpc) is 2.24. The lowest BCUT2D eigenvalue weighted by molar-refractivity contribution is -0.142. The van der Waals surface area contributed by atoms with Gasteiger partial charge in [0.2, 0.25) is 0 Å². The van der Waals surface area contributed by atoms with Crippen LogP contribution in [0.25, 0.3) is 0 Å². The Morgan fingerprint density at radius 1 is 1.35 bits per heavy atom. The average molecular weight is 253 g/mol. The number of halogens is 1. The number of aliphatic carboxylic acids is 1. The largest absolute Gasteiger partial charge is 0.481 e. The van der Waals surface area contributed by atoms with Gasteiger partial charge in [0.25, 0.3) is 0 Å². The van der Waals surface area contributed by atoms with Crippen LogP contribution in [0.4, 0.5) is 0 Å². The number of hydrogen-bond acceptors (Lipinski definition) is 1. The van der Waals surface area contributed by atoms with Gasteiger partial charge in [-0.2, -0.15) is 0 Å². The van der Waals surface area contributed by atoms with Gasteiger partial charge in [0.1, 0.15) is 0 Å². The van der Waals surface area contributed by atoms with Crippen LogP contribution in [0.5, 0.6) is 0 Å². The maximum absolute atomic E-state index is 11.2. The highest BCUT2D eigenvalue weighted by Gasteiger charge is 2.26. The van der Waals surface area contributed by atoms with Gasteiger partial charge in [-0.25, -0.2) is 0 Å². The van der Waals surface area contributed by atoms with E-state index in [2.05, 4.69) is 0 Å². The van der Waals surface area contributed by atoms with Crippen molar-refractivity contribution in [3.63, 3.8) is 0 Å². The molecule has 0 saturated heterocycles. The molecule has 1 aliphatic rings. The molecular weight excluding hydrogens is 236 g/mol. The SMILES string of the molecule is O=C(O)C(Cc1ccc(Cl)cc1)CC1CCC1. The molecule has 0 spiro atoms. The summed E-state index contributed by atoms with van der Waals surface area (Å²) in [5.74, 6) is -0.295. The van der Waals surface area contributed by atoms with Gasteiger partial charge in [0.05, 0.1) is 5.92 Å². The molecule has 92 valence electrons. The Labute approximate surface area is 107 Å². The molecule has 1 atom stereocenters. The summed E-state index contributed by atoms with van der Waals surface area (Å²) in [7, 11) is 0. The van der Waals surface area contributed by atoms with Gasteiger partial charge >= 0.3 is 5.97 Å². The van der Waals surface area contributed by atoms with Crippen molar-refractivity contribution in [2.45, 2.75) is 32.1 Å². The first-order valence-corrected chi connectivity index (χ1v) is 6.50. The highest BCUT2D eigenvalue weighted by molar-refractivity contribution is 6.30. The third-order valence-electron chi connectivity index (χ3n) is 3.59. The minimum absolute atomic E-state index is 0.249. The zero-order valence-corrected chi connectivity index (χ0v) is 10.5. The second-order valence-electron chi connectivity index (χ2n) is 4.90. The molecule has 0 bridgehead atoms. The number of benzene rings is 1. The minimum Gasteiger partial charge on any atom is -0.481 e. The summed E-state index contributed by atoms with van der Waals surface area (Å²) in [6, 6.07) is 7.47. The fraction of sp³-hybridized carbons (Fsp3) is 0.500. The number of rotatable bonds is 5. The van der Waals surface area contributed by atoms with E-state index in [4.69, 9.17) is 11.6 Å². The standard InChI is InChI=1S/C14H17ClO2/c15-13-6-4-11(5-7-13)9-12(14(16)17)8-10-2-1-3-10/h4-7,10,12H,1-3,8-9H2,(H,16,17). The first-order valence-electron chi connectivity index (χ1n) is 6.12. The summed E-state index contributed by atoms with van der Waals surface area (Å²) < 4.78 is 0. The highest BCUT2D eigenvalue weighted by Crippen LogP contribution is 2.33. The van der Waals surface area contributed by atoms with Crippen LogP contribution < -0.4 is 0 Å². The summed E-state index contributed by atoms with van der Waals surface area (Å²) in [6.07, 6.45) is 5.09.